The normalized spacial score (nSPS) is 21.2. The smallest absolute Gasteiger partial charge is 0.115 e. The molecule has 3 nitrogen and oxygen atoms in total. The van der Waals surface area contributed by atoms with Crippen LogP contribution in [-0.2, 0) is 6.42 Å². The Balaban J connectivity index is 1.84. The first kappa shape index (κ1) is 14.4. The molecule has 1 aliphatic rings. The van der Waals surface area contributed by atoms with E-state index in [1.807, 2.05) is 12.1 Å². The summed E-state index contributed by atoms with van der Waals surface area (Å²) in [5, 5.41) is 9.30. The highest BCUT2D eigenvalue weighted by molar-refractivity contribution is 5.26. The fourth-order valence-electron chi connectivity index (χ4n) is 2.99. The first-order valence-electron chi connectivity index (χ1n) is 7.34. The van der Waals surface area contributed by atoms with E-state index in [9.17, 15) is 5.11 Å². The molecule has 2 rings (SSSR count). The molecular weight excluding hydrogens is 236 g/mol. The molecule has 1 aromatic rings. The fourth-order valence-corrected chi connectivity index (χ4v) is 2.99. The summed E-state index contributed by atoms with van der Waals surface area (Å²) >= 11 is 0. The summed E-state index contributed by atoms with van der Waals surface area (Å²) in [5.74, 6) is 1.03. The van der Waals surface area contributed by atoms with Gasteiger partial charge in [0.05, 0.1) is 0 Å². The summed E-state index contributed by atoms with van der Waals surface area (Å²) in [4.78, 5) is 2.56. The Hall–Kier alpha value is -1.06. The van der Waals surface area contributed by atoms with Crippen LogP contribution in [0.1, 0.15) is 32.3 Å². The second-order valence-electron chi connectivity index (χ2n) is 5.95. The molecule has 0 aliphatic carbocycles. The number of nitrogens with two attached hydrogens (primary N) is 1. The van der Waals surface area contributed by atoms with Crippen LogP contribution in [0.2, 0.25) is 0 Å². The molecular formula is C16H26N2O. The number of phenols is 1. The second-order valence-corrected chi connectivity index (χ2v) is 5.95. The molecule has 0 saturated carbocycles. The van der Waals surface area contributed by atoms with E-state index in [1.165, 1.54) is 18.4 Å². The average molecular weight is 262 g/mol. The van der Waals surface area contributed by atoms with E-state index < -0.39 is 0 Å². The summed E-state index contributed by atoms with van der Waals surface area (Å²) in [6.45, 7) is 6.73. The molecule has 1 heterocycles. The minimum atomic E-state index is 0.328. The van der Waals surface area contributed by atoms with E-state index in [0.29, 0.717) is 23.8 Å². The number of aromatic hydroxyl groups is 1. The molecule has 2 unspecified atom stereocenters. The molecule has 106 valence electrons. The van der Waals surface area contributed by atoms with Gasteiger partial charge in [-0.3, -0.25) is 0 Å². The van der Waals surface area contributed by atoms with Gasteiger partial charge < -0.3 is 15.7 Å². The third kappa shape index (κ3) is 3.95. The first-order chi connectivity index (χ1) is 9.06. The van der Waals surface area contributed by atoms with Crippen molar-refractivity contribution in [3.05, 3.63) is 29.8 Å². The lowest BCUT2D eigenvalue weighted by atomic mass is 9.90. The van der Waals surface area contributed by atoms with Crippen molar-refractivity contribution in [3.63, 3.8) is 0 Å². The molecule has 2 atom stereocenters. The Morgan fingerprint density at radius 3 is 2.32 bits per heavy atom. The number of piperidine rings is 1. The first-order valence-corrected chi connectivity index (χ1v) is 7.34. The van der Waals surface area contributed by atoms with Crippen LogP contribution in [0.15, 0.2) is 24.3 Å². The van der Waals surface area contributed by atoms with E-state index >= 15 is 0 Å². The van der Waals surface area contributed by atoms with Crippen LogP contribution in [0.25, 0.3) is 0 Å². The van der Waals surface area contributed by atoms with Crippen LogP contribution in [0.3, 0.4) is 0 Å². The molecule has 0 aromatic heterocycles. The highest BCUT2D eigenvalue weighted by Gasteiger charge is 2.24. The number of benzene rings is 1. The average Bonchev–Trinajstić information content (AvgIpc) is 2.41. The highest BCUT2D eigenvalue weighted by Crippen LogP contribution is 2.22. The van der Waals surface area contributed by atoms with Crippen LogP contribution in [0, 0.1) is 5.92 Å². The van der Waals surface area contributed by atoms with E-state index in [-0.39, 0.29) is 0 Å². The van der Waals surface area contributed by atoms with Crippen molar-refractivity contribution in [2.75, 3.05) is 13.1 Å². The number of hydrogen-bond donors (Lipinski definition) is 2. The number of hydrogen-bond acceptors (Lipinski definition) is 3. The highest BCUT2D eigenvalue weighted by atomic mass is 16.3. The van der Waals surface area contributed by atoms with Crippen molar-refractivity contribution in [2.24, 2.45) is 11.7 Å². The molecule has 3 N–H and O–H groups in total. The Bertz CT molecular complexity index is 380. The topological polar surface area (TPSA) is 49.5 Å². The Morgan fingerprint density at radius 2 is 1.79 bits per heavy atom. The standard InChI is InChI=1S/C16H26N2O/c1-12(11-14-3-5-16(19)6-4-14)18-9-7-15(8-10-18)13(2)17/h3-6,12-13,15,19H,7-11,17H2,1-2H3. The number of phenolic OH excluding ortho intramolecular Hbond substituents is 1. The van der Waals surface area contributed by atoms with E-state index in [1.54, 1.807) is 12.1 Å². The molecule has 0 radical (unpaired) electrons. The molecule has 1 fully saturated rings. The monoisotopic (exact) mass is 262 g/mol. The van der Waals surface area contributed by atoms with E-state index in [0.717, 1.165) is 19.5 Å². The molecule has 0 amide bonds. The van der Waals surface area contributed by atoms with Gasteiger partial charge in [0, 0.05) is 12.1 Å². The van der Waals surface area contributed by atoms with Gasteiger partial charge in [0.2, 0.25) is 0 Å². The molecule has 0 bridgehead atoms. The molecule has 1 aromatic carbocycles. The Kier molecular flexibility index (Phi) is 4.83. The fraction of sp³-hybridized carbons (Fsp3) is 0.625. The number of rotatable bonds is 4. The van der Waals surface area contributed by atoms with Gasteiger partial charge in [0.25, 0.3) is 0 Å². The summed E-state index contributed by atoms with van der Waals surface area (Å²) in [7, 11) is 0. The maximum absolute atomic E-state index is 9.30. The van der Waals surface area contributed by atoms with Crippen molar-refractivity contribution in [3.8, 4) is 5.75 Å². The van der Waals surface area contributed by atoms with Crippen LogP contribution in [0.4, 0.5) is 0 Å². The van der Waals surface area contributed by atoms with Crippen molar-refractivity contribution in [1.29, 1.82) is 0 Å². The van der Waals surface area contributed by atoms with Crippen molar-refractivity contribution in [2.45, 2.75) is 45.2 Å². The summed E-state index contributed by atoms with van der Waals surface area (Å²) < 4.78 is 0. The summed E-state index contributed by atoms with van der Waals surface area (Å²) in [6, 6.07) is 8.45. The Morgan fingerprint density at radius 1 is 1.21 bits per heavy atom. The largest absolute Gasteiger partial charge is 0.508 e. The second kappa shape index (κ2) is 6.40. The lowest BCUT2D eigenvalue weighted by molar-refractivity contribution is 0.132. The van der Waals surface area contributed by atoms with Gasteiger partial charge in [-0.05, 0) is 69.8 Å². The van der Waals surface area contributed by atoms with Gasteiger partial charge in [0.15, 0.2) is 0 Å². The van der Waals surface area contributed by atoms with Crippen LogP contribution < -0.4 is 5.73 Å². The van der Waals surface area contributed by atoms with Gasteiger partial charge >= 0.3 is 0 Å². The predicted octanol–water partition coefficient (Wildman–Crippen LogP) is 2.38. The maximum atomic E-state index is 9.30. The van der Waals surface area contributed by atoms with E-state index in [2.05, 4.69) is 18.7 Å². The zero-order valence-corrected chi connectivity index (χ0v) is 12.0. The van der Waals surface area contributed by atoms with Gasteiger partial charge in [0.1, 0.15) is 5.75 Å². The minimum absolute atomic E-state index is 0.328. The third-order valence-corrected chi connectivity index (χ3v) is 4.41. The van der Waals surface area contributed by atoms with Crippen LogP contribution in [0.5, 0.6) is 5.75 Å². The van der Waals surface area contributed by atoms with E-state index in [4.69, 9.17) is 5.73 Å². The zero-order chi connectivity index (χ0) is 13.8. The Labute approximate surface area is 116 Å². The van der Waals surface area contributed by atoms with Crippen LogP contribution in [-0.4, -0.2) is 35.2 Å². The molecule has 3 heteroatoms. The van der Waals surface area contributed by atoms with Crippen molar-refractivity contribution >= 4 is 0 Å². The SMILES string of the molecule is CC(N)C1CCN(C(C)Cc2ccc(O)cc2)CC1. The molecule has 1 aliphatic heterocycles. The lowest BCUT2D eigenvalue weighted by Gasteiger charge is -2.37. The van der Waals surface area contributed by atoms with Crippen molar-refractivity contribution in [1.82, 2.24) is 4.90 Å². The predicted molar refractivity (Wildman–Crippen MR) is 79.2 cm³/mol. The maximum Gasteiger partial charge on any atom is 0.115 e. The van der Waals surface area contributed by atoms with Crippen LogP contribution >= 0.6 is 0 Å². The van der Waals surface area contributed by atoms with Gasteiger partial charge in [-0.25, -0.2) is 0 Å². The van der Waals surface area contributed by atoms with Gasteiger partial charge in [-0.1, -0.05) is 12.1 Å². The molecule has 19 heavy (non-hydrogen) atoms. The van der Waals surface area contributed by atoms with Gasteiger partial charge in [-0.2, -0.15) is 0 Å². The summed E-state index contributed by atoms with van der Waals surface area (Å²) in [5.41, 5.74) is 7.28. The third-order valence-electron chi connectivity index (χ3n) is 4.41. The van der Waals surface area contributed by atoms with Crippen molar-refractivity contribution < 1.29 is 5.11 Å². The van der Waals surface area contributed by atoms with Gasteiger partial charge in [-0.15, -0.1) is 0 Å². The minimum Gasteiger partial charge on any atom is -0.508 e. The summed E-state index contributed by atoms with van der Waals surface area (Å²) in [6.07, 6.45) is 3.48. The number of nitrogens with zero attached hydrogens (tertiary/aromatic N) is 1. The molecule has 0 spiro atoms. The molecule has 1 saturated heterocycles. The lowest BCUT2D eigenvalue weighted by Crippen LogP contribution is -2.44. The number of likely N-dealkylation sites (tertiary alicyclic amines) is 1. The zero-order valence-electron chi connectivity index (χ0n) is 12.0. The quantitative estimate of drug-likeness (QED) is 0.876.